The molecule has 0 saturated carbocycles. The Hall–Kier alpha value is -1.85. The summed E-state index contributed by atoms with van der Waals surface area (Å²) in [4.78, 5) is 33.5. The van der Waals surface area contributed by atoms with Crippen molar-refractivity contribution >= 4 is 17.8 Å². The second kappa shape index (κ2) is 4.12. The van der Waals surface area contributed by atoms with Crippen LogP contribution in [0.2, 0.25) is 0 Å². The Morgan fingerprint density at radius 2 is 2.13 bits per heavy atom. The van der Waals surface area contributed by atoms with Crippen molar-refractivity contribution in [3.05, 3.63) is 11.8 Å². The first-order valence-electron chi connectivity index (χ1n) is 4.38. The summed E-state index contributed by atoms with van der Waals surface area (Å²) in [6, 6.07) is -0.521. The quantitative estimate of drug-likeness (QED) is 0.688. The second-order valence-electron chi connectivity index (χ2n) is 3.38. The number of rotatable bonds is 4. The van der Waals surface area contributed by atoms with E-state index < -0.39 is 18.0 Å². The summed E-state index contributed by atoms with van der Waals surface area (Å²) in [5, 5.41) is 17.2. The highest BCUT2D eigenvalue weighted by Gasteiger charge is 2.29. The highest BCUT2D eigenvalue weighted by Crippen LogP contribution is 2.19. The molecule has 1 amide bonds. The van der Waals surface area contributed by atoms with Gasteiger partial charge in [-0.25, -0.2) is 4.79 Å². The lowest BCUT2D eigenvalue weighted by atomic mass is 10.2. The van der Waals surface area contributed by atoms with Crippen LogP contribution in [0, 0.1) is 0 Å². The molecule has 0 radical (unpaired) electrons. The van der Waals surface area contributed by atoms with Gasteiger partial charge in [-0.05, 0) is 6.92 Å². The van der Waals surface area contributed by atoms with Crippen molar-refractivity contribution in [1.29, 1.82) is 0 Å². The fourth-order valence-corrected chi connectivity index (χ4v) is 1.39. The van der Waals surface area contributed by atoms with Crippen molar-refractivity contribution in [2.24, 2.45) is 0 Å². The van der Waals surface area contributed by atoms with Crippen LogP contribution in [0.1, 0.15) is 19.8 Å². The smallest absolute Gasteiger partial charge is 0.333 e. The molecule has 1 heterocycles. The van der Waals surface area contributed by atoms with Crippen molar-refractivity contribution in [2.75, 3.05) is 0 Å². The molecule has 82 valence electrons. The summed E-state index contributed by atoms with van der Waals surface area (Å²) < 4.78 is 0. The minimum absolute atomic E-state index is 0.00256. The molecule has 6 heteroatoms. The molecule has 6 nitrogen and oxygen atoms in total. The molecule has 0 saturated heterocycles. The lowest BCUT2D eigenvalue weighted by Gasteiger charge is -2.20. The normalized spacial score (nSPS) is 17.5. The second-order valence-corrected chi connectivity index (χ2v) is 3.38. The number of hydrogen-bond donors (Lipinski definition) is 2. The van der Waals surface area contributed by atoms with Gasteiger partial charge in [0.05, 0.1) is 18.4 Å². The standard InChI is InChI=1S/C9H11NO5/c1-5(2-8(12)13)10-4-6(9(14)15)3-7(10)11/h4-5H,2-3H2,1H3,(H,12,13)(H,14,15). The maximum Gasteiger partial charge on any atom is 0.333 e. The third-order valence-electron chi connectivity index (χ3n) is 2.14. The number of carboxylic acids is 2. The zero-order valence-corrected chi connectivity index (χ0v) is 8.14. The first-order chi connectivity index (χ1) is 6.91. The van der Waals surface area contributed by atoms with Crippen LogP contribution in [-0.4, -0.2) is 39.0 Å². The van der Waals surface area contributed by atoms with Crippen LogP contribution in [0.4, 0.5) is 0 Å². The van der Waals surface area contributed by atoms with Gasteiger partial charge in [0.1, 0.15) is 0 Å². The zero-order valence-electron chi connectivity index (χ0n) is 8.14. The van der Waals surface area contributed by atoms with Gasteiger partial charge in [-0.3, -0.25) is 9.59 Å². The Bertz CT molecular complexity index is 346. The number of amides is 1. The Kier molecular flexibility index (Phi) is 3.08. The van der Waals surface area contributed by atoms with E-state index in [0.717, 1.165) is 4.90 Å². The van der Waals surface area contributed by atoms with Gasteiger partial charge in [0.15, 0.2) is 0 Å². The first kappa shape index (κ1) is 11.2. The molecule has 0 aromatic carbocycles. The Morgan fingerprint density at radius 3 is 2.53 bits per heavy atom. The molecule has 15 heavy (non-hydrogen) atoms. The molecule has 0 aromatic heterocycles. The van der Waals surface area contributed by atoms with Gasteiger partial charge in [0.2, 0.25) is 5.91 Å². The third-order valence-corrected chi connectivity index (χ3v) is 2.14. The van der Waals surface area contributed by atoms with E-state index in [9.17, 15) is 14.4 Å². The summed E-state index contributed by atoms with van der Waals surface area (Å²) in [6.07, 6.45) is 0.840. The monoisotopic (exact) mass is 213 g/mol. The predicted molar refractivity (Wildman–Crippen MR) is 48.9 cm³/mol. The van der Waals surface area contributed by atoms with Crippen LogP contribution < -0.4 is 0 Å². The van der Waals surface area contributed by atoms with E-state index in [2.05, 4.69) is 0 Å². The van der Waals surface area contributed by atoms with E-state index in [1.807, 2.05) is 0 Å². The Morgan fingerprint density at radius 1 is 1.53 bits per heavy atom. The lowest BCUT2D eigenvalue weighted by molar-refractivity contribution is -0.139. The molecule has 0 aromatic rings. The van der Waals surface area contributed by atoms with Gasteiger partial charge in [-0.15, -0.1) is 0 Å². The fraction of sp³-hybridized carbons (Fsp3) is 0.444. The molecule has 1 rings (SSSR count). The molecule has 1 aliphatic heterocycles. The molecule has 0 bridgehead atoms. The molecule has 2 N–H and O–H groups in total. The Balaban J connectivity index is 2.74. The lowest BCUT2D eigenvalue weighted by Crippen LogP contribution is -2.32. The van der Waals surface area contributed by atoms with Crippen LogP contribution in [0.15, 0.2) is 11.8 Å². The van der Waals surface area contributed by atoms with Crippen LogP contribution in [0.25, 0.3) is 0 Å². The molecule has 1 unspecified atom stereocenters. The third kappa shape index (κ3) is 2.55. The van der Waals surface area contributed by atoms with Crippen LogP contribution in [0.3, 0.4) is 0 Å². The SMILES string of the molecule is CC(CC(=O)O)N1C=C(C(=O)O)CC1=O. The van der Waals surface area contributed by atoms with Gasteiger partial charge in [0.25, 0.3) is 0 Å². The minimum Gasteiger partial charge on any atom is -0.481 e. The fourth-order valence-electron chi connectivity index (χ4n) is 1.39. The molecule has 1 aliphatic rings. The summed E-state index contributed by atoms with van der Waals surface area (Å²) in [5.41, 5.74) is -0.00256. The summed E-state index contributed by atoms with van der Waals surface area (Å²) in [5.74, 6) is -2.54. The number of carbonyl (C=O) groups is 3. The van der Waals surface area contributed by atoms with Crippen LogP contribution in [0.5, 0.6) is 0 Å². The average Bonchev–Trinajstić information content (AvgIpc) is 2.46. The van der Waals surface area contributed by atoms with Crippen molar-refractivity contribution in [3.8, 4) is 0 Å². The van der Waals surface area contributed by atoms with Crippen molar-refractivity contribution < 1.29 is 24.6 Å². The largest absolute Gasteiger partial charge is 0.481 e. The van der Waals surface area contributed by atoms with Gasteiger partial charge < -0.3 is 15.1 Å². The maximum absolute atomic E-state index is 11.3. The summed E-state index contributed by atoms with van der Waals surface area (Å²) in [7, 11) is 0. The number of aliphatic carboxylic acids is 2. The molecule has 0 spiro atoms. The van der Waals surface area contributed by atoms with Gasteiger partial charge in [-0.2, -0.15) is 0 Å². The van der Waals surface area contributed by atoms with Crippen molar-refractivity contribution in [3.63, 3.8) is 0 Å². The molecule has 0 aliphatic carbocycles. The number of nitrogens with zero attached hydrogens (tertiary/aromatic N) is 1. The minimum atomic E-state index is -1.15. The van der Waals surface area contributed by atoms with Crippen molar-refractivity contribution in [1.82, 2.24) is 4.90 Å². The van der Waals surface area contributed by atoms with E-state index in [0.29, 0.717) is 0 Å². The number of carbonyl (C=O) groups excluding carboxylic acids is 1. The van der Waals surface area contributed by atoms with Gasteiger partial charge in [-0.1, -0.05) is 0 Å². The Labute approximate surface area is 85.8 Å². The topological polar surface area (TPSA) is 94.9 Å². The molecular weight excluding hydrogens is 202 g/mol. The highest BCUT2D eigenvalue weighted by atomic mass is 16.4. The van der Waals surface area contributed by atoms with Crippen molar-refractivity contribution in [2.45, 2.75) is 25.8 Å². The van der Waals surface area contributed by atoms with E-state index in [1.165, 1.54) is 6.20 Å². The first-order valence-corrected chi connectivity index (χ1v) is 4.38. The molecular formula is C9H11NO5. The molecule has 0 fully saturated rings. The summed E-state index contributed by atoms with van der Waals surface area (Å²) in [6.45, 7) is 1.56. The average molecular weight is 213 g/mol. The highest BCUT2D eigenvalue weighted by molar-refractivity contribution is 5.98. The van der Waals surface area contributed by atoms with E-state index in [1.54, 1.807) is 6.92 Å². The van der Waals surface area contributed by atoms with Gasteiger partial charge >= 0.3 is 11.9 Å². The van der Waals surface area contributed by atoms with Crippen LogP contribution >= 0.6 is 0 Å². The number of carboxylic acid groups (broad SMARTS) is 2. The van der Waals surface area contributed by atoms with Crippen LogP contribution in [-0.2, 0) is 14.4 Å². The summed E-state index contributed by atoms with van der Waals surface area (Å²) >= 11 is 0. The van der Waals surface area contributed by atoms with Gasteiger partial charge in [0, 0.05) is 12.2 Å². The van der Waals surface area contributed by atoms with E-state index in [-0.39, 0.29) is 24.3 Å². The molecule has 1 atom stereocenters. The zero-order chi connectivity index (χ0) is 11.6. The van der Waals surface area contributed by atoms with E-state index in [4.69, 9.17) is 10.2 Å². The maximum atomic E-state index is 11.3. The van der Waals surface area contributed by atoms with E-state index >= 15 is 0 Å². The number of hydrogen-bond acceptors (Lipinski definition) is 3. The predicted octanol–water partition coefficient (Wildman–Crippen LogP) is 0.0504.